The van der Waals surface area contributed by atoms with Crippen molar-refractivity contribution < 1.29 is 38.8 Å². The molecule has 0 bridgehead atoms. The molecule has 1 saturated carbocycles. The Kier molecular flexibility index (Phi) is 13.4. The molecule has 1 aliphatic heterocycles. The molecule has 57 heavy (non-hydrogen) atoms. The van der Waals surface area contributed by atoms with Gasteiger partial charge in [0.15, 0.2) is 6.29 Å². The number of nitrogens with zero attached hydrogens (tertiary/aromatic N) is 1. The van der Waals surface area contributed by atoms with Crippen LogP contribution in [0.15, 0.2) is 113 Å². The van der Waals surface area contributed by atoms with Crippen molar-refractivity contribution in [1.82, 2.24) is 0 Å². The van der Waals surface area contributed by atoms with Crippen LogP contribution in [0.3, 0.4) is 0 Å². The SMILES string of the molecule is C=CCOC12Oc3ccc(Oc4ccc(OC)c(C=O)c4)cc3C3C(CCCCO)C(CCCCO)C=C(C(=NOCC)CC1Sc1ccc4ccccc4c1)C32. The number of methoxy groups -OCH3 is 1. The number of hydrogen-bond donors (Lipinski definition) is 2. The molecule has 4 aromatic carbocycles. The number of carbonyl (C=O) groups is 1. The van der Waals surface area contributed by atoms with Crippen LogP contribution >= 0.6 is 11.8 Å². The van der Waals surface area contributed by atoms with E-state index in [1.165, 1.54) is 12.5 Å². The quantitative estimate of drug-likeness (QED) is 0.0414. The number of carbonyl (C=O) groups excluding carboxylic acids is 1. The first kappa shape index (κ1) is 40.6. The van der Waals surface area contributed by atoms with Crippen molar-refractivity contribution in [2.75, 3.05) is 33.5 Å². The third-order valence-corrected chi connectivity index (χ3v) is 12.8. The maximum atomic E-state index is 11.9. The van der Waals surface area contributed by atoms with Gasteiger partial charge >= 0.3 is 0 Å². The van der Waals surface area contributed by atoms with Gasteiger partial charge in [-0.2, -0.15) is 0 Å². The number of oxime groups is 1. The number of aliphatic hydroxyl groups excluding tert-OH is 2. The van der Waals surface area contributed by atoms with E-state index in [0.29, 0.717) is 42.3 Å². The lowest BCUT2D eigenvalue weighted by Crippen LogP contribution is -2.64. The van der Waals surface area contributed by atoms with Gasteiger partial charge in [-0.25, -0.2) is 0 Å². The second kappa shape index (κ2) is 18.8. The molecule has 9 nitrogen and oxygen atoms in total. The number of rotatable bonds is 19. The molecule has 1 heterocycles. The highest BCUT2D eigenvalue weighted by molar-refractivity contribution is 8.00. The van der Waals surface area contributed by atoms with Gasteiger partial charge in [0.25, 0.3) is 0 Å². The molecule has 0 spiro atoms. The Balaban J connectivity index is 1.40. The van der Waals surface area contributed by atoms with Crippen molar-refractivity contribution in [3.8, 4) is 23.0 Å². The van der Waals surface area contributed by atoms with Gasteiger partial charge in [0.05, 0.1) is 36.2 Å². The summed E-state index contributed by atoms with van der Waals surface area (Å²) in [5.74, 6) is 1.16. The number of allylic oxidation sites excluding steroid dienone is 1. The van der Waals surface area contributed by atoms with Gasteiger partial charge < -0.3 is 34.0 Å². The minimum absolute atomic E-state index is 0.0897. The Bertz CT molecular complexity index is 2100. The maximum absolute atomic E-state index is 11.9. The van der Waals surface area contributed by atoms with E-state index in [0.717, 1.165) is 71.3 Å². The van der Waals surface area contributed by atoms with Gasteiger partial charge in [-0.3, -0.25) is 4.79 Å². The number of aliphatic hydroxyl groups is 2. The van der Waals surface area contributed by atoms with Crippen LogP contribution in [-0.2, 0) is 9.57 Å². The fraction of sp³-hybridized carbons (Fsp3) is 0.404. The summed E-state index contributed by atoms with van der Waals surface area (Å²) in [7, 11) is 1.53. The molecule has 3 aliphatic rings. The zero-order valence-electron chi connectivity index (χ0n) is 32.8. The number of aldehydes is 1. The van der Waals surface area contributed by atoms with Crippen LogP contribution in [-0.4, -0.2) is 66.8 Å². The first-order chi connectivity index (χ1) is 28.0. The van der Waals surface area contributed by atoms with Crippen molar-refractivity contribution in [1.29, 1.82) is 0 Å². The third-order valence-electron chi connectivity index (χ3n) is 11.5. The van der Waals surface area contributed by atoms with Crippen LogP contribution in [0.2, 0.25) is 0 Å². The zero-order valence-corrected chi connectivity index (χ0v) is 33.6. The summed E-state index contributed by atoms with van der Waals surface area (Å²) in [4.78, 5) is 18.8. The molecule has 6 unspecified atom stereocenters. The minimum Gasteiger partial charge on any atom is -0.496 e. The van der Waals surface area contributed by atoms with Crippen LogP contribution in [0.1, 0.15) is 73.7 Å². The van der Waals surface area contributed by atoms with E-state index in [2.05, 4.69) is 61.2 Å². The molecule has 0 aromatic heterocycles. The normalized spacial score (nSPS) is 24.2. The number of ether oxygens (including phenoxy) is 4. The Labute approximate surface area is 339 Å². The summed E-state index contributed by atoms with van der Waals surface area (Å²) in [5.41, 5.74) is 3.37. The molecular formula is C47H53NO8S. The fourth-order valence-corrected chi connectivity index (χ4v) is 10.4. The van der Waals surface area contributed by atoms with E-state index in [-0.39, 0.29) is 48.7 Å². The first-order valence-corrected chi connectivity index (χ1v) is 21.0. The molecule has 2 N–H and O–H groups in total. The number of benzene rings is 4. The van der Waals surface area contributed by atoms with Gasteiger partial charge in [0.1, 0.15) is 29.6 Å². The van der Waals surface area contributed by atoms with Crippen molar-refractivity contribution >= 4 is 34.5 Å². The molecule has 4 aromatic rings. The van der Waals surface area contributed by atoms with E-state index in [9.17, 15) is 15.0 Å². The van der Waals surface area contributed by atoms with Crippen molar-refractivity contribution in [2.45, 2.75) is 73.7 Å². The lowest BCUT2D eigenvalue weighted by molar-refractivity contribution is -0.223. The molecule has 0 amide bonds. The van der Waals surface area contributed by atoms with E-state index in [1.807, 2.05) is 19.1 Å². The molecule has 300 valence electrons. The smallest absolute Gasteiger partial charge is 0.231 e. The second-order valence-electron chi connectivity index (χ2n) is 14.9. The molecular weight excluding hydrogens is 739 g/mol. The zero-order chi connectivity index (χ0) is 39.8. The topological polar surface area (TPSA) is 116 Å². The van der Waals surface area contributed by atoms with Crippen molar-refractivity contribution in [2.24, 2.45) is 22.9 Å². The van der Waals surface area contributed by atoms with Crippen LogP contribution < -0.4 is 14.2 Å². The fourth-order valence-electron chi connectivity index (χ4n) is 9.04. The summed E-state index contributed by atoms with van der Waals surface area (Å²) < 4.78 is 26.3. The number of unbranched alkanes of at least 4 members (excludes halogenated alkanes) is 2. The van der Waals surface area contributed by atoms with Gasteiger partial charge in [0.2, 0.25) is 5.79 Å². The minimum atomic E-state index is -1.11. The van der Waals surface area contributed by atoms with Crippen LogP contribution in [0.4, 0.5) is 0 Å². The van der Waals surface area contributed by atoms with Gasteiger partial charge in [-0.15, -0.1) is 18.3 Å². The van der Waals surface area contributed by atoms with Crippen LogP contribution in [0, 0.1) is 17.8 Å². The first-order valence-electron chi connectivity index (χ1n) is 20.1. The van der Waals surface area contributed by atoms with Gasteiger partial charge in [0, 0.05) is 36.0 Å². The Hall–Kier alpha value is -4.61. The van der Waals surface area contributed by atoms with Gasteiger partial charge in [-0.05, 0) is 109 Å². The maximum Gasteiger partial charge on any atom is 0.231 e. The molecule has 0 radical (unpaired) electrons. The highest BCUT2D eigenvalue weighted by Crippen LogP contribution is 2.63. The van der Waals surface area contributed by atoms with Crippen molar-refractivity contribution in [3.05, 3.63) is 114 Å². The van der Waals surface area contributed by atoms with E-state index in [1.54, 1.807) is 36.0 Å². The van der Waals surface area contributed by atoms with Crippen LogP contribution in [0.25, 0.3) is 10.8 Å². The average molecular weight is 792 g/mol. The third kappa shape index (κ3) is 8.51. The Morgan fingerprint density at radius 1 is 0.947 bits per heavy atom. The predicted octanol–water partition coefficient (Wildman–Crippen LogP) is 9.90. The van der Waals surface area contributed by atoms with Gasteiger partial charge in [-0.1, -0.05) is 60.5 Å². The lowest BCUT2D eigenvalue weighted by Gasteiger charge is -2.58. The summed E-state index contributed by atoms with van der Waals surface area (Å²) in [5, 5.41) is 26.7. The van der Waals surface area contributed by atoms with Crippen molar-refractivity contribution in [3.63, 3.8) is 0 Å². The second-order valence-corrected chi connectivity index (χ2v) is 16.2. The monoisotopic (exact) mass is 791 g/mol. The Morgan fingerprint density at radius 3 is 2.47 bits per heavy atom. The molecule has 2 aliphatic carbocycles. The Morgan fingerprint density at radius 2 is 1.72 bits per heavy atom. The molecule has 6 atom stereocenters. The average Bonchev–Trinajstić information content (AvgIpc) is 3.24. The highest BCUT2D eigenvalue weighted by atomic mass is 32.2. The molecule has 10 heteroatoms. The number of hydrogen-bond acceptors (Lipinski definition) is 10. The molecule has 7 rings (SSSR count). The lowest BCUT2D eigenvalue weighted by atomic mass is 9.56. The van der Waals surface area contributed by atoms with Crippen LogP contribution in [0.5, 0.6) is 23.0 Å². The predicted molar refractivity (Wildman–Crippen MR) is 225 cm³/mol. The standard InChI is InChI=1S/C47H53NO8S/c1-4-24-53-47-44(57-37-19-16-31-12-6-7-13-32(31)26-37)29-41(48-54-5-2)39-27-33(14-8-10-22-49)38(15-9-11-23-50)45(46(39)47)40-28-36(18-21-43(40)56-47)55-35-17-20-42(52-3)34(25-35)30-51/h4,6-7,12-13,16-21,25-28,30,33,38,44-46,49-50H,1,5,8-11,14-15,22-24,29H2,2-3H3. The summed E-state index contributed by atoms with van der Waals surface area (Å²) in [6.45, 7) is 6.98. The summed E-state index contributed by atoms with van der Waals surface area (Å²) in [6, 6.07) is 26.1. The summed E-state index contributed by atoms with van der Waals surface area (Å²) >= 11 is 1.74. The van der Waals surface area contributed by atoms with E-state index < -0.39 is 5.79 Å². The van der Waals surface area contributed by atoms with E-state index in [4.69, 9.17) is 28.9 Å². The highest BCUT2D eigenvalue weighted by Gasteiger charge is 2.64. The van der Waals surface area contributed by atoms with E-state index >= 15 is 0 Å². The number of thioether (sulfide) groups is 1. The summed E-state index contributed by atoms with van der Waals surface area (Å²) in [6.07, 6.45) is 10.4. The largest absolute Gasteiger partial charge is 0.496 e. The molecule has 0 saturated heterocycles. The number of fused-ring (bicyclic) bond motifs is 3. The molecule has 1 fully saturated rings.